The fourth-order valence-electron chi connectivity index (χ4n) is 12.4. The molecule has 5 aromatic rings. The van der Waals surface area contributed by atoms with Crippen molar-refractivity contribution in [2.45, 2.75) is 80.3 Å². The average Bonchev–Trinajstić information content (AvgIpc) is 3.79. The molecule has 3 amide bonds. The van der Waals surface area contributed by atoms with E-state index >= 15 is 14.4 Å². The van der Waals surface area contributed by atoms with Gasteiger partial charge in [-0.25, -0.2) is 9.69 Å². The molecule has 5 heterocycles. The number of carbonyl (C=O) groups is 4. The summed E-state index contributed by atoms with van der Waals surface area (Å²) in [4.78, 5) is 70.7. The smallest absolute Gasteiger partial charge is 0.421 e. The van der Waals surface area contributed by atoms with Gasteiger partial charge in [0.25, 0.3) is 0 Å². The quantitative estimate of drug-likeness (QED) is 0.0565. The number of aliphatic hydroxyl groups is 2. The number of esters is 1. The summed E-state index contributed by atoms with van der Waals surface area (Å²) < 4.78 is 35.0. The molecule has 0 radical (unpaired) electrons. The summed E-state index contributed by atoms with van der Waals surface area (Å²) in [7, 11) is 1.48. The molecule has 6 atom stereocenters. The number of fused-ring (bicyclic) bond motifs is 4. The van der Waals surface area contributed by atoms with Crippen LogP contribution in [0.3, 0.4) is 0 Å². The molecule has 1 spiro atoms. The van der Waals surface area contributed by atoms with Crippen LogP contribution in [-0.2, 0) is 40.6 Å². The number of rotatable bonds is 12. The normalized spacial score (nSPS) is 24.8. The zero-order valence-corrected chi connectivity index (χ0v) is 42.5. The maximum absolute atomic E-state index is 16.8. The lowest BCUT2D eigenvalue weighted by Crippen LogP contribution is -2.59. The Labute approximate surface area is 442 Å². The predicted molar refractivity (Wildman–Crippen MR) is 278 cm³/mol. The van der Waals surface area contributed by atoms with Gasteiger partial charge in [0, 0.05) is 45.4 Å². The van der Waals surface area contributed by atoms with E-state index in [4.69, 9.17) is 28.4 Å². The molecule has 1 saturated carbocycles. The van der Waals surface area contributed by atoms with Crippen LogP contribution in [-0.4, -0.2) is 127 Å². The van der Waals surface area contributed by atoms with Crippen molar-refractivity contribution < 1.29 is 57.8 Å². The first-order valence-corrected chi connectivity index (χ1v) is 26.3. The van der Waals surface area contributed by atoms with Gasteiger partial charge >= 0.3 is 12.1 Å². The molecular weight excluding hydrogens is 969 g/mol. The Bertz CT molecular complexity index is 3020. The minimum absolute atomic E-state index is 0.0281. The first-order valence-electron chi connectivity index (χ1n) is 26.3. The standard InChI is InChI=1S/C60H62N4O12/c1-71-33-34-73-58(69)63-47-21-19-40(23-26-59(70)24-10-2-3-11-25-59)35-46(47)60(57(63)68)50(55(66)62-29-27-61(28-30-62)38-41-20-22-48-49(36-41)75-39-74-48)52-56(67)76-53(43-15-8-5-9-16-43)51(42-13-6-4-7-14-42)64(52)54(60)44-17-12-18-45(37-44)72-32-31-65/h4-9,12-22,35-37,50-54,65,70H,2-3,10-11,24-25,27-34,38-39H2,1H3/t50-,51-,52-,53+,54+,60-/m1/s1. The van der Waals surface area contributed by atoms with Gasteiger partial charge < -0.3 is 43.5 Å². The van der Waals surface area contributed by atoms with Gasteiger partial charge in [0.2, 0.25) is 18.6 Å². The van der Waals surface area contributed by atoms with Crippen molar-refractivity contribution in [2.24, 2.45) is 5.92 Å². The molecule has 5 aliphatic heterocycles. The van der Waals surface area contributed by atoms with E-state index in [1.54, 1.807) is 41.3 Å². The molecule has 0 unspecified atom stereocenters. The van der Waals surface area contributed by atoms with E-state index in [1.165, 1.54) is 7.11 Å². The number of carbonyl (C=O) groups excluding carboxylic acids is 4. The summed E-state index contributed by atoms with van der Waals surface area (Å²) in [5, 5.41) is 21.7. The number of nitrogens with zero attached hydrogens (tertiary/aromatic N) is 4. The molecular formula is C60H62N4O12. The molecule has 16 nitrogen and oxygen atoms in total. The molecule has 0 bridgehead atoms. The van der Waals surface area contributed by atoms with Gasteiger partial charge in [0.1, 0.15) is 42.1 Å². The van der Waals surface area contributed by atoms with Gasteiger partial charge in [-0.05, 0) is 96.0 Å². The number of piperazine rings is 1. The molecule has 0 aromatic heterocycles. The number of aliphatic hydroxyl groups excluding tert-OH is 1. The van der Waals surface area contributed by atoms with E-state index in [9.17, 15) is 15.0 Å². The fourth-order valence-corrected chi connectivity index (χ4v) is 12.4. The second-order valence-electron chi connectivity index (χ2n) is 20.4. The Hall–Kier alpha value is -7.26. The first-order chi connectivity index (χ1) is 37.1. The Morgan fingerprint density at radius 1 is 0.750 bits per heavy atom. The number of amides is 3. The maximum atomic E-state index is 16.8. The second-order valence-corrected chi connectivity index (χ2v) is 20.4. The Balaban J connectivity index is 1.12. The van der Waals surface area contributed by atoms with Crippen molar-refractivity contribution in [2.75, 3.05) is 71.4 Å². The number of cyclic esters (lactones) is 1. The molecule has 11 rings (SSSR count). The van der Waals surface area contributed by atoms with Gasteiger partial charge in [-0.1, -0.05) is 104 Å². The monoisotopic (exact) mass is 1030 g/mol. The number of ether oxygens (including phenoxy) is 6. The molecule has 1 aliphatic carbocycles. The van der Waals surface area contributed by atoms with E-state index in [0.717, 1.165) is 41.7 Å². The minimum Gasteiger partial charge on any atom is -0.491 e. The van der Waals surface area contributed by atoms with Crippen LogP contribution in [0.15, 0.2) is 121 Å². The zero-order valence-electron chi connectivity index (χ0n) is 42.5. The van der Waals surface area contributed by atoms with E-state index in [2.05, 4.69) is 16.7 Å². The Morgan fingerprint density at radius 2 is 1.47 bits per heavy atom. The molecule has 6 aliphatic rings. The van der Waals surface area contributed by atoms with Crippen LogP contribution in [0.25, 0.3) is 0 Å². The fraction of sp³-hybridized carbons (Fsp3) is 0.400. The topological polar surface area (TPSA) is 177 Å². The molecule has 3 saturated heterocycles. The van der Waals surface area contributed by atoms with Crippen molar-refractivity contribution in [1.29, 1.82) is 0 Å². The van der Waals surface area contributed by atoms with Crippen LogP contribution in [0.5, 0.6) is 17.2 Å². The number of hydrogen-bond acceptors (Lipinski definition) is 14. The van der Waals surface area contributed by atoms with Gasteiger partial charge in [-0.15, -0.1) is 0 Å². The summed E-state index contributed by atoms with van der Waals surface area (Å²) in [6, 6.07) is 33.7. The molecule has 76 heavy (non-hydrogen) atoms. The lowest BCUT2D eigenvalue weighted by molar-refractivity contribution is -0.179. The molecule has 5 aromatic carbocycles. The highest BCUT2D eigenvalue weighted by Crippen LogP contribution is 2.66. The average molecular weight is 1030 g/mol. The Morgan fingerprint density at radius 3 is 2.21 bits per heavy atom. The Kier molecular flexibility index (Phi) is 14.6. The van der Waals surface area contributed by atoms with Gasteiger partial charge in [-0.2, -0.15) is 0 Å². The van der Waals surface area contributed by atoms with Crippen molar-refractivity contribution in [1.82, 2.24) is 14.7 Å². The molecule has 394 valence electrons. The summed E-state index contributed by atoms with van der Waals surface area (Å²) in [6.45, 7) is 1.79. The van der Waals surface area contributed by atoms with Crippen LogP contribution in [0.4, 0.5) is 10.5 Å². The highest BCUT2D eigenvalue weighted by molar-refractivity contribution is 6.23. The van der Waals surface area contributed by atoms with E-state index < -0.39 is 65.0 Å². The van der Waals surface area contributed by atoms with Gasteiger partial charge in [0.05, 0.1) is 36.9 Å². The summed E-state index contributed by atoms with van der Waals surface area (Å²) in [6.07, 6.45) is 2.75. The highest BCUT2D eigenvalue weighted by atomic mass is 16.7. The number of morpholine rings is 1. The van der Waals surface area contributed by atoms with Crippen LogP contribution < -0.4 is 19.1 Å². The number of anilines is 1. The van der Waals surface area contributed by atoms with Crippen molar-refractivity contribution in [3.05, 3.63) is 155 Å². The van der Waals surface area contributed by atoms with Crippen LogP contribution >= 0.6 is 0 Å². The van der Waals surface area contributed by atoms with Crippen molar-refractivity contribution in [3.63, 3.8) is 0 Å². The van der Waals surface area contributed by atoms with E-state index in [-0.39, 0.29) is 57.6 Å². The van der Waals surface area contributed by atoms with Crippen molar-refractivity contribution >= 4 is 29.6 Å². The summed E-state index contributed by atoms with van der Waals surface area (Å²) in [5.41, 5.74) is 0.558. The number of methoxy groups -OCH3 is 1. The highest BCUT2D eigenvalue weighted by Gasteiger charge is 2.76. The van der Waals surface area contributed by atoms with E-state index in [0.29, 0.717) is 66.4 Å². The second kappa shape index (κ2) is 21.8. The number of benzene rings is 5. The maximum Gasteiger partial charge on any atom is 0.421 e. The SMILES string of the molecule is COCCOC(=O)N1C(=O)[C@@]2(c3cc(C#CC4(O)CCCCCC4)ccc31)[C@H](c1cccc(OCCO)c1)N1[C@H](c3ccccc3)[C@H](c3ccccc3)OC(=O)[C@H]1[C@@H]2C(=O)N1CCN(Cc2ccc3c(c2)OCO3)CC1. The van der Waals surface area contributed by atoms with Gasteiger partial charge in [-0.3, -0.25) is 24.2 Å². The summed E-state index contributed by atoms with van der Waals surface area (Å²) in [5.74, 6) is 4.74. The molecule has 4 fully saturated rings. The third-order valence-electron chi connectivity index (χ3n) is 15.9. The molecule has 16 heteroatoms. The lowest BCUT2D eigenvalue weighted by atomic mass is 9.64. The van der Waals surface area contributed by atoms with Gasteiger partial charge in [0.15, 0.2) is 11.5 Å². The summed E-state index contributed by atoms with van der Waals surface area (Å²) >= 11 is 0. The van der Waals surface area contributed by atoms with Crippen LogP contribution in [0, 0.1) is 17.8 Å². The van der Waals surface area contributed by atoms with Crippen LogP contribution in [0.1, 0.15) is 90.1 Å². The third kappa shape index (κ3) is 9.45. The van der Waals surface area contributed by atoms with E-state index in [1.807, 2.05) is 89.8 Å². The zero-order chi connectivity index (χ0) is 52.4. The lowest BCUT2D eigenvalue weighted by Gasteiger charge is -2.46. The largest absolute Gasteiger partial charge is 0.491 e. The third-order valence-corrected chi connectivity index (χ3v) is 15.9. The predicted octanol–water partition coefficient (Wildman–Crippen LogP) is 7.02. The first kappa shape index (κ1) is 50.9. The van der Waals surface area contributed by atoms with Crippen LogP contribution in [0.2, 0.25) is 0 Å². The number of imide groups is 1. The molecule has 2 N–H and O–H groups in total. The van der Waals surface area contributed by atoms with Crippen molar-refractivity contribution in [3.8, 4) is 29.1 Å². The number of hydrogen-bond donors (Lipinski definition) is 2. The minimum atomic E-state index is -2.06.